The van der Waals surface area contributed by atoms with Gasteiger partial charge in [-0.2, -0.15) is 0 Å². The summed E-state index contributed by atoms with van der Waals surface area (Å²) in [5.41, 5.74) is 0.621. The second-order valence-corrected chi connectivity index (χ2v) is 5.50. The molecule has 1 aliphatic rings. The Kier molecular flexibility index (Phi) is 5.44. The average Bonchev–Trinajstić information content (AvgIpc) is 2.50. The fourth-order valence-corrected chi connectivity index (χ4v) is 2.28. The lowest BCUT2D eigenvalue weighted by Gasteiger charge is -2.25. The number of nitrogens with zero attached hydrogens (tertiary/aromatic N) is 1. The number of amides is 1. The van der Waals surface area contributed by atoms with Gasteiger partial charge in [0.15, 0.2) is 11.5 Å². The van der Waals surface area contributed by atoms with Crippen LogP contribution >= 0.6 is 0 Å². The maximum absolute atomic E-state index is 12.6. The highest BCUT2D eigenvalue weighted by Crippen LogP contribution is 2.31. The normalized spacial score (nSPS) is 13.3. The van der Waals surface area contributed by atoms with Crippen LogP contribution in [0.4, 0.5) is 0 Å². The molecular weight excluding hydrogens is 270 g/mol. The summed E-state index contributed by atoms with van der Waals surface area (Å²) in [4.78, 5) is 14.5. The van der Waals surface area contributed by atoms with E-state index in [9.17, 15) is 4.79 Å². The number of rotatable bonds is 6. The van der Waals surface area contributed by atoms with Crippen LogP contribution < -0.4 is 9.47 Å². The van der Waals surface area contributed by atoms with Crippen molar-refractivity contribution >= 4 is 5.91 Å². The predicted molar refractivity (Wildman–Crippen MR) is 80.0 cm³/mol. The summed E-state index contributed by atoms with van der Waals surface area (Å²) in [5, 5.41) is 0. The lowest BCUT2D eigenvalue weighted by atomic mass is 10.1. The maximum Gasteiger partial charge on any atom is 0.254 e. The molecule has 0 aromatic heterocycles. The van der Waals surface area contributed by atoms with Crippen LogP contribution in [0.25, 0.3) is 0 Å². The minimum atomic E-state index is -0.00211. The lowest BCUT2D eigenvalue weighted by Crippen LogP contribution is -2.36. The number of hydrogen-bond acceptors (Lipinski definition) is 4. The molecule has 0 bridgehead atoms. The second-order valence-electron chi connectivity index (χ2n) is 5.50. The first-order valence-electron chi connectivity index (χ1n) is 7.29. The zero-order chi connectivity index (χ0) is 15.2. The van der Waals surface area contributed by atoms with Crippen LogP contribution in [0.5, 0.6) is 11.5 Å². The first-order valence-corrected chi connectivity index (χ1v) is 7.29. The smallest absolute Gasteiger partial charge is 0.254 e. The Bertz CT molecular complexity index is 487. The number of carbonyl (C=O) groups is 1. The van der Waals surface area contributed by atoms with Crippen LogP contribution in [-0.2, 0) is 4.74 Å². The van der Waals surface area contributed by atoms with Crippen molar-refractivity contribution in [2.45, 2.75) is 13.8 Å². The topological polar surface area (TPSA) is 48.0 Å². The summed E-state index contributed by atoms with van der Waals surface area (Å²) in [6.45, 7) is 7.08. The standard InChI is InChI=1S/C16H23NO4/c1-12(2)11-17(6-7-19-3)16(18)13-4-5-14-15(10-13)21-9-8-20-14/h4-5,10,12H,6-9,11H2,1-3H3. The highest BCUT2D eigenvalue weighted by molar-refractivity contribution is 5.95. The van der Waals surface area contributed by atoms with E-state index in [1.165, 1.54) is 0 Å². The van der Waals surface area contributed by atoms with E-state index in [4.69, 9.17) is 14.2 Å². The molecule has 1 aliphatic heterocycles. The third kappa shape index (κ3) is 4.11. The van der Waals surface area contributed by atoms with Crippen LogP contribution in [0.3, 0.4) is 0 Å². The number of hydrogen-bond donors (Lipinski definition) is 0. The first-order chi connectivity index (χ1) is 10.1. The van der Waals surface area contributed by atoms with Crippen molar-refractivity contribution in [1.82, 2.24) is 4.90 Å². The van der Waals surface area contributed by atoms with Crippen molar-refractivity contribution in [2.75, 3.05) is 40.0 Å². The molecule has 0 saturated heterocycles. The van der Waals surface area contributed by atoms with Gasteiger partial charge in [0.25, 0.3) is 5.91 Å². The highest BCUT2D eigenvalue weighted by Gasteiger charge is 2.20. The molecule has 0 aliphatic carbocycles. The number of fused-ring (bicyclic) bond motifs is 1. The summed E-state index contributed by atoms with van der Waals surface area (Å²) in [6, 6.07) is 5.35. The Morgan fingerprint density at radius 1 is 1.29 bits per heavy atom. The lowest BCUT2D eigenvalue weighted by molar-refractivity contribution is 0.0671. The molecule has 0 saturated carbocycles. The van der Waals surface area contributed by atoms with E-state index >= 15 is 0 Å². The van der Waals surface area contributed by atoms with Crippen LogP contribution in [0, 0.1) is 5.92 Å². The zero-order valence-corrected chi connectivity index (χ0v) is 12.9. The van der Waals surface area contributed by atoms with E-state index in [1.54, 1.807) is 25.3 Å². The van der Waals surface area contributed by atoms with Gasteiger partial charge in [-0.3, -0.25) is 4.79 Å². The van der Waals surface area contributed by atoms with E-state index in [0.29, 0.717) is 55.9 Å². The molecule has 1 aromatic carbocycles. The molecule has 1 heterocycles. The summed E-state index contributed by atoms with van der Waals surface area (Å²) in [5.74, 6) is 1.74. The molecule has 1 amide bonds. The number of benzene rings is 1. The SMILES string of the molecule is COCCN(CC(C)C)C(=O)c1ccc2c(c1)OCCO2. The third-order valence-corrected chi connectivity index (χ3v) is 3.23. The van der Waals surface area contributed by atoms with Gasteiger partial charge in [0.05, 0.1) is 6.61 Å². The van der Waals surface area contributed by atoms with Gasteiger partial charge in [0.2, 0.25) is 0 Å². The Balaban J connectivity index is 2.15. The number of carbonyl (C=O) groups excluding carboxylic acids is 1. The zero-order valence-electron chi connectivity index (χ0n) is 12.9. The molecule has 2 rings (SSSR count). The van der Waals surface area contributed by atoms with Crippen LogP contribution in [0.2, 0.25) is 0 Å². The van der Waals surface area contributed by atoms with Crippen LogP contribution in [0.1, 0.15) is 24.2 Å². The maximum atomic E-state index is 12.6. The Labute approximate surface area is 125 Å². The van der Waals surface area contributed by atoms with Gasteiger partial charge in [-0.25, -0.2) is 0 Å². The molecule has 0 radical (unpaired) electrons. The van der Waals surface area contributed by atoms with Crippen molar-refractivity contribution in [3.05, 3.63) is 23.8 Å². The molecule has 1 aromatic rings. The van der Waals surface area contributed by atoms with Crippen molar-refractivity contribution < 1.29 is 19.0 Å². The average molecular weight is 293 g/mol. The summed E-state index contributed by atoms with van der Waals surface area (Å²) in [7, 11) is 1.64. The number of ether oxygens (including phenoxy) is 3. The van der Waals surface area contributed by atoms with Gasteiger partial charge in [0, 0.05) is 25.8 Å². The van der Waals surface area contributed by atoms with Crippen molar-refractivity contribution in [3.63, 3.8) is 0 Å². The minimum absolute atomic E-state index is 0.00211. The number of methoxy groups -OCH3 is 1. The van der Waals surface area contributed by atoms with Gasteiger partial charge in [-0.05, 0) is 24.1 Å². The van der Waals surface area contributed by atoms with E-state index in [0.717, 1.165) is 0 Å². The second kappa shape index (κ2) is 7.31. The van der Waals surface area contributed by atoms with Gasteiger partial charge < -0.3 is 19.1 Å². The Morgan fingerprint density at radius 3 is 2.67 bits per heavy atom. The van der Waals surface area contributed by atoms with E-state index in [-0.39, 0.29) is 5.91 Å². The fourth-order valence-electron chi connectivity index (χ4n) is 2.28. The molecule has 21 heavy (non-hydrogen) atoms. The van der Waals surface area contributed by atoms with Gasteiger partial charge >= 0.3 is 0 Å². The predicted octanol–water partition coefficient (Wildman–Crippen LogP) is 2.20. The molecular formula is C16H23NO4. The summed E-state index contributed by atoms with van der Waals surface area (Å²) < 4.78 is 16.1. The van der Waals surface area contributed by atoms with Crippen LogP contribution in [-0.4, -0.2) is 50.8 Å². The first kappa shape index (κ1) is 15.6. The molecule has 0 atom stereocenters. The minimum Gasteiger partial charge on any atom is -0.486 e. The van der Waals surface area contributed by atoms with E-state index < -0.39 is 0 Å². The molecule has 5 heteroatoms. The fraction of sp³-hybridized carbons (Fsp3) is 0.562. The third-order valence-electron chi connectivity index (χ3n) is 3.23. The monoisotopic (exact) mass is 293 g/mol. The van der Waals surface area contributed by atoms with Gasteiger partial charge in [0.1, 0.15) is 13.2 Å². The molecule has 0 spiro atoms. The Morgan fingerprint density at radius 2 is 2.00 bits per heavy atom. The van der Waals surface area contributed by atoms with Gasteiger partial charge in [-0.15, -0.1) is 0 Å². The van der Waals surface area contributed by atoms with Crippen molar-refractivity contribution in [3.8, 4) is 11.5 Å². The van der Waals surface area contributed by atoms with Gasteiger partial charge in [-0.1, -0.05) is 13.8 Å². The largest absolute Gasteiger partial charge is 0.486 e. The molecule has 5 nitrogen and oxygen atoms in total. The molecule has 0 N–H and O–H groups in total. The quantitative estimate of drug-likeness (QED) is 0.807. The van der Waals surface area contributed by atoms with Crippen LogP contribution in [0.15, 0.2) is 18.2 Å². The molecule has 0 fully saturated rings. The van der Waals surface area contributed by atoms with E-state index in [2.05, 4.69) is 13.8 Å². The van der Waals surface area contributed by atoms with Crippen molar-refractivity contribution in [1.29, 1.82) is 0 Å². The summed E-state index contributed by atoms with van der Waals surface area (Å²) >= 11 is 0. The summed E-state index contributed by atoms with van der Waals surface area (Å²) in [6.07, 6.45) is 0. The Hall–Kier alpha value is -1.75. The van der Waals surface area contributed by atoms with Crippen molar-refractivity contribution in [2.24, 2.45) is 5.92 Å². The molecule has 116 valence electrons. The van der Waals surface area contributed by atoms with E-state index in [1.807, 2.05) is 4.90 Å². The molecule has 0 unspecified atom stereocenters. The highest BCUT2D eigenvalue weighted by atomic mass is 16.6.